The summed E-state index contributed by atoms with van der Waals surface area (Å²) in [4.78, 5) is 16.0. The Hall–Kier alpha value is -3.38. The molecule has 7 rings (SSSR count). The predicted octanol–water partition coefficient (Wildman–Crippen LogP) is 5.98. The highest BCUT2D eigenvalue weighted by Crippen LogP contribution is 2.46. The van der Waals surface area contributed by atoms with Crippen LogP contribution in [0, 0.1) is 11.8 Å². The van der Waals surface area contributed by atoms with Gasteiger partial charge in [-0.2, -0.15) is 0 Å². The van der Waals surface area contributed by atoms with Crippen molar-refractivity contribution >= 4 is 43.1 Å². The molecule has 0 unspecified atom stereocenters. The van der Waals surface area contributed by atoms with Crippen molar-refractivity contribution in [3.63, 3.8) is 0 Å². The maximum Gasteiger partial charge on any atom is 0.264 e. The lowest BCUT2D eigenvalue weighted by molar-refractivity contribution is 0.0456. The SMILES string of the molecule is O=C1NS(=O)(=O)[C@@H](CCS(=O)(=O)Cc2ccccc2)CC/C=C\[C@H](O)[C@@H]2CC[C@H]2CN2C[C@@]3(CCCc4cc(Cl)ccc43)COc3ccc1cc32. The molecule has 0 saturated heterocycles. The highest BCUT2D eigenvalue weighted by molar-refractivity contribution is 7.91. The number of nitrogens with one attached hydrogen (secondary N) is 1. The van der Waals surface area contributed by atoms with E-state index in [4.69, 9.17) is 16.3 Å². The number of halogens is 1. The first-order chi connectivity index (χ1) is 24.4. The van der Waals surface area contributed by atoms with Crippen LogP contribution in [0.25, 0.3) is 0 Å². The Bertz CT molecular complexity index is 2020. The van der Waals surface area contributed by atoms with Crippen LogP contribution in [-0.2, 0) is 37.4 Å². The monoisotopic (exact) mass is 752 g/mol. The molecule has 2 N–H and O–H groups in total. The van der Waals surface area contributed by atoms with Gasteiger partial charge in [-0.15, -0.1) is 0 Å². The van der Waals surface area contributed by atoms with Crippen molar-refractivity contribution in [2.75, 3.05) is 30.3 Å². The lowest BCUT2D eigenvalue weighted by Crippen LogP contribution is -2.49. The van der Waals surface area contributed by atoms with Crippen molar-refractivity contribution in [3.05, 3.63) is 106 Å². The number of sulfone groups is 1. The number of carbonyl (C=O) groups excluding carboxylic acids is 1. The minimum Gasteiger partial charge on any atom is -0.490 e. The molecule has 1 spiro atoms. The summed E-state index contributed by atoms with van der Waals surface area (Å²) in [6, 6.07) is 19.9. The van der Waals surface area contributed by atoms with Crippen LogP contribution in [-0.4, -0.2) is 64.7 Å². The van der Waals surface area contributed by atoms with Gasteiger partial charge in [0.1, 0.15) is 5.75 Å². The number of anilines is 1. The standard InChI is InChI=1S/C39H45ClN2O7S2/c40-31-14-16-34-28(21-31)9-6-19-39(34)25-42-23-30-12-15-33(30)36(43)11-5-4-10-32(18-20-50(45,46)24-27-7-2-1-3-8-27)51(47,48)41-38(44)29-13-17-37(49-26-39)35(42)22-29/h1-3,5,7-8,11,13-14,16-17,21-22,30,32-33,36,43H,4,6,9-10,12,15,18-20,23-26H2,(H,41,44)/b11-5-/t30-,32+,33+,36-,39-/m0/s1. The van der Waals surface area contributed by atoms with Crippen molar-refractivity contribution in [2.45, 2.75) is 73.9 Å². The zero-order valence-electron chi connectivity index (χ0n) is 28.5. The number of fused-ring (bicyclic) bond motifs is 4. The van der Waals surface area contributed by atoms with Crippen LogP contribution in [0.5, 0.6) is 5.75 Å². The molecule has 2 bridgehead atoms. The number of benzene rings is 3. The summed E-state index contributed by atoms with van der Waals surface area (Å²) in [5.74, 6) is -0.466. The van der Waals surface area contributed by atoms with Crippen molar-refractivity contribution in [1.29, 1.82) is 0 Å². The quantitative estimate of drug-likeness (QED) is 0.305. The normalized spacial score (nSPS) is 28.3. The first-order valence-electron chi connectivity index (χ1n) is 17.9. The average molecular weight is 753 g/mol. The smallest absolute Gasteiger partial charge is 0.264 e. The Balaban J connectivity index is 1.20. The van der Waals surface area contributed by atoms with Gasteiger partial charge in [0.15, 0.2) is 9.84 Å². The van der Waals surface area contributed by atoms with Crippen LogP contribution >= 0.6 is 11.6 Å². The van der Waals surface area contributed by atoms with E-state index in [9.17, 15) is 26.7 Å². The minimum absolute atomic E-state index is 0.0318. The van der Waals surface area contributed by atoms with Gasteiger partial charge in [0.25, 0.3) is 5.91 Å². The van der Waals surface area contributed by atoms with Crippen LogP contribution in [0.15, 0.2) is 78.9 Å². The van der Waals surface area contributed by atoms with E-state index >= 15 is 0 Å². The van der Waals surface area contributed by atoms with Gasteiger partial charge in [-0.3, -0.25) is 4.79 Å². The molecular weight excluding hydrogens is 708 g/mol. The van der Waals surface area contributed by atoms with E-state index in [1.54, 1.807) is 60.7 Å². The molecular formula is C39H45ClN2O7S2. The summed E-state index contributed by atoms with van der Waals surface area (Å²) in [5.41, 5.74) is 3.62. The molecule has 9 nitrogen and oxygen atoms in total. The van der Waals surface area contributed by atoms with Gasteiger partial charge >= 0.3 is 0 Å². The summed E-state index contributed by atoms with van der Waals surface area (Å²) in [6.07, 6.45) is 7.74. The largest absolute Gasteiger partial charge is 0.490 e. The van der Waals surface area contributed by atoms with E-state index in [2.05, 4.69) is 15.7 Å². The number of hydrogen-bond donors (Lipinski definition) is 2. The number of aliphatic hydroxyl groups excluding tert-OH is 1. The Labute approximate surface area is 306 Å². The van der Waals surface area contributed by atoms with Crippen LogP contribution in [0.1, 0.15) is 72.0 Å². The number of aliphatic hydroxyl groups is 1. The number of hydrogen-bond acceptors (Lipinski definition) is 8. The lowest BCUT2D eigenvalue weighted by Gasteiger charge is -2.45. The number of nitrogens with zero attached hydrogens (tertiary/aromatic N) is 1. The average Bonchev–Trinajstić information content (AvgIpc) is 3.22. The molecule has 0 aromatic heterocycles. The van der Waals surface area contributed by atoms with Gasteiger partial charge < -0.3 is 14.7 Å². The second-order valence-corrected chi connectivity index (χ2v) is 19.3. The number of sulfonamides is 1. The molecule has 2 aliphatic heterocycles. The second-order valence-electron chi connectivity index (χ2n) is 14.7. The van der Waals surface area contributed by atoms with Crippen molar-refractivity contribution in [1.82, 2.24) is 4.72 Å². The Morgan fingerprint density at radius 2 is 1.86 bits per heavy atom. The van der Waals surface area contributed by atoms with Crippen LogP contribution < -0.4 is 14.4 Å². The number of amides is 1. The third-order valence-electron chi connectivity index (χ3n) is 11.3. The Kier molecular flexibility index (Phi) is 10.3. The van der Waals surface area contributed by atoms with Gasteiger partial charge in [-0.05, 0) is 110 Å². The van der Waals surface area contributed by atoms with Crippen molar-refractivity contribution in [2.24, 2.45) is 11.8 Å². The summed E-state index contributed by atoms with van der Waals surface area (Å²) < 4.78 is 62.5. The van der Waals surface area contributed by atoms with Crippen molar-refractivity contribution < 1.29 is 31.5 Å². The maximum atomic E-state index is 13.8. The number of rotatable bonds is 5. The van der Waals surface area contributed by atoms with Gasteiger partial charge in [0, 0.05) is 29.1 Å². The number of allylic oxidation sites excluding steroid dienone is 1. The van der Waals surface area contributed by atoms with Crippen molar-refractivity contribution in [3.8, 4) is 5.75 Å². The second kappa shape index (κ2) is 14.6. The summed E-state index contributed by atoms with van der Waals surface area (Å²) in [6.45, 7) is 1.73. The molecule has 1 saturated carbocycles. The van der Waals surface area contributed by atoms with Gasteiger partial charge in [0.2, 0.25) is 10.0 Å². The van der Waals surface area contributed by atoms with E-state index in [1.807, 2.05) is 12.1 Å². The van der Waals surface area contributed by atoms with E-state index in [0.29, 0.717) is 48.1 Å². The maximum absolute atomic E-state index is 13.8. The minimum atomic E-state index is -4.28. The van der Waals surface area contributed by atoms with Crippen LogP contribution in [0.3, 0.4) is 0 Å². The molecule has 3 aromatic carbocycles. The fourth-order valence-electron chi connectivity index (χ4n) is 8.41. The molecule has 272 valence electrons. The zero-order chi connectivity index (χ0) is 35.8. The first kappa shape index (κ1) is 36.0. The molecule has 0 radical (unpaired) electrons. The summed E-state index contributed by atoms with van der Waals surface area (Å²) in [5, 5.41) is 10.8. The van der Waals surface area contributed by atoms with Gasteiger partial charge in [-0.1, -0.05) is 60.2 Å². The molecule has 1 fully saturated rings. The summed E-state index contributed by atoms with van der Waals surface area (Å²) >= 11 is 6.41. The first-order valence-corrected chi connectivity index (χ1v) is 21.6. The molecule has 5 atom stereocenters. The van der Waals surface area contributed by atoms with E-state index in [0.717, 1.165) is 32.1 Å². The Morgan fingerprint density at radius 3 is 2.65 bits per heavy atom. The fourth-order valence-corrected chi connectivity index (χ4v) is 11.7. The molecule has 2 heterocycles. The molecule has 51 heavy (non-hydrogen) atoms. The topological polar surface area (TPSA) is 130 Å². The number of ether oxygens (including phenoxy) is 1. The molecule has 4 aliphatic rings. The Morgan fingerprint density at radius 1 is 1.04 bits per heavy atom. The molecule has 2 aliphatic carbocycles. The fraction of sp³-hybridized carbons (Fsp3) is 0.462. The van der Waals surface area contributed by atoms with Gasteiger partial charge in [0.05, 0.1) is 35.2 Å². The predicted molar refractivity (Wildman–Crippen MR) is 200 cm³/mol. The lowest BCUT2D eigenvalue weighted by atomic mass is 9.68. The van der Waals surface area contributed by atoms with Crippen LogP contribution in [0.4, 0.5) is 5.69 Å². The highest BCUT2D eigenvalue weighted by atomic mass is 35.5. The third-order valence-corrected chi connectivity index (χ3v) is 15.0. The third kappa shape index (κ3) is 7.87. The molecule has 1 amide bonds. The zero-order valence-corrected chi connectivity index (χ0v) is 30.9. The molecule has 3 aromatic rings. The highest BCUT2D eigenvalue weighted by Gasteiger charge is 2.44. The number of carbonyl (C=O) groups is 1. The van der Waals surface area contributed by atoms with E-state index < -0.39 is 37.1 Å². The molecule has 12 heteroatoms. The van der Waals surface area contributed by atoms with E-state index in [1.165, 1.54) is 11.1 Å². The summed E-state index contributed by atoms with van der Waals surface area (Å²) in [7, 11) is -7.91. The van der Waals surface area contributed by atoms with Crippen LogP contribution in [0.2, 0.25) is 5.02 Å². The van der Waals surface area contributed by atoms with E-state index in [-0.39, 0.29) is 47.2 Å². The van der Waals surface area contributed by atoms with Gasteiger partial charge in [-0.25, -0.2) is 21.6 Å². The number of aryl methyl sites for hydroxylation is 1.